The average Bonchev–Trinajstić information content (AvgIpc) is 0.746. The molecule has 0 aromatic rings. The number of hydrogen-bond donors (Lipinski definition) is 35. The van der Waals surface area contributed by atoms with Gasteiger partial charge in [0.1, 0.15) is 268 Å². The minimum absolute atomic E-state index is 0.830. The number of carbonyl (C=O) groups excluding carboxylic acids is 5. The summed E-state index contributed by atoms with van der Waals surface area (Å²) in [5.74, 6) is -4.99. The molecule has 11 heterocycles. The molecule has 0 radical (unpaired) electrons. The Morgan fingerprint density at radius 3 is 0.642 bits per heavy atom. The lowest BCUT2D eigenvalue weighted by atomic mass is 9.93. The third-order valence-electron chi connectivity index (χ3n) is 25.0. The molecule has 55 atom stereocenters. The van der Waals surface area contributed by atoms with E-state index in [4.69, 9.17) is 99.5 Å². The van der Waals surface area contributed by atoms with E-state index in [2.05, 4.69) is 26.6 Å². The van der Waals surface area contributed by atoms with E-state index in [-0.39, 0.29) is 0 Å². The number of carbonyl (C=O) groups is 5. The summed E-state index contributed by atoms with van der Waals surface area (Å²) in [7, 11) is 0. The molecule has 11 aliphatic rings. The zero-order valence-corrected chi connectivity index (χ0v) is 73.6. The van der Waals surface area contributed by atoms with Crippen molar-refractivity contribution in [1.82, 2.24) is 26.6 Å². The van der Waals surface area contributed by atoms with Crippen LogP contribution in [0.25, 0.3) is 0 Å². The lowest BCUT2D eigenvalue weighted by Gasteiger charge is -2.53. The van der Waals surface area contributed by atoms with Gasteiger partial charge in [-0.05, 0) is 0 Å². The van der Waals surface area contributed by atoms with Gasteiger partial charge >= 0.3 is 0 Å². The maximum Gasteiger partial charge on any atom is 0.217 e. The topological polar surface area (TPSA) is 946 Å². The number of amides is 5. The fraction of sp³-hybridized carbons (Fsp3) is 0.934. The normalized spacial score (nSPS) is 48.9. The van der Waals surface area contributed by atoms with Crippen molar-refractivity contribution in [2.75, 3.05) is 72.7 Å². The molecular formula is C76H127N5O56. The van der Waals surface area contributed by atoms with Gasteiger partial charge in [-0.3, -0.25) is 24.0 Å². The van der Waals surface area contributed by atoms with Crippen LogP contribution in [0.3, 0.4) is 0 Å². The van der Waals surface area contributed by atoms with Gasteiger partial charge in [0.25, 0.3) is 0 Å². The summed E-state index contributed by atoms with van der Waals surface area (Å²) in [6.07, 6.45) is -111. The summed E-state index contributed by atoms with van der Waals surface area (Å²) >= 11 is 0. The van der Waals surface area contributed by atoms with Crippen LogP contribution in [0.1, 0.15) is 34.6 Å². The largest absolute Gasteiger partial charge is 0.394 e. The number of rotatable bonds is 36. The molecule has 792 valence electrons. The summed E-state index contributed by atoms with van der Waals surface area (Å²) in [5, 5.41) is 351. The molecule has 35 N–H and O–H groups in total. The Balaban J connectivity index is 1.02. The van der Waals surface area contributed by atoms with E-state index >= 15 is 0 Å². The Morgan fingerprint density at radius 1 is 0.175 bits per heavy atom. The van der Waals surface area contributed by atoms with Crippen molar-refractivity contribution in [2.45, 2.75) is 372 Å². The Labute approximate surface area is 775 Å². The first-order valence-electron chi connectivity index (χ1n) is 43.7. The predicted molar refractivity (Wildman–Crippen MR) is 420 cm³/mol. The van der Waals surface area contributed by atoms with Crippen LogP contribution >= 0.6 is 0 Å². The molecule has 0 saturated carbocycles. The fourth-order valence-electron chi connectivity index (χ4n) is 17.9. The zero-order valence-electron chi connectivity index (χ0n) is 73.6. The van der Waals surface area contributed by atoms with Crippen LogP contribution in [0, 0.1) is 0 Å². The number of ether oxygens (including phenoxy) is 21. The molecule has 11 rings (SSSR count). The van der Waals surface area contributed by atoms with Crippen molar-refractivity contribution in [3.63, 3.8) is 0 Å². The van der Waals surface area contributed by atoms with Crippen molar-refractivity contribution < 1.29 is 277 Å². The maximum atomic E-state index is 13.5. The lowest BCUT2D eigenvalue weighted by molar-refractivity contribution is -0.418. The molecule has 55 unspecified atom stereocenters. The standard InChI is InChI=1S/C76H127N5O56/c1-17(93)77-33-42(102)56(26(10-86)117-66(33)116)128-67-34(78-18(2)94)44(104)60(30(14-90)122-67)133-74-55(115)63(62(32(16-92)126-74)134-75-64(50(110)41(101)25(9-85)121-75)136-69-36(80-20(4)96)45(105)58(28(12-88)124-69)131-72-52(112)48(108)39(99)23(7-83)119-72)135-76-65(137-70-37(81-21(5)97)46(106)59(29(13-89)125-70)132-73-53(113)49(109)40(100)24(8-84)120-73)54(114)61(31(15-91)127-76)129-68-35(79-19(3)95)43(103)57(27(11-87)123-68)130-71-51(111)47(107)38(98)22(6-82)118-71/h22-76,82-92,98-116H,6-16H2,1-5H3,(H,77,93)(H,78,94)(H,79,95)(H,80,96)(H,81,97). The molecule has 11 aliphatic heterocycles. The van der Waals surface area contributed by atoms with E-state index in [1.54, 1.807) is 0 Å². The quantitative estimate of drug-likeness (QED) is 0.0277. The number of nitrogens with one attached hydrogen (secondary N) is 5. The van der Waals surface area contributed by atoms with E-state index in [1.165, 1.54) is 0 Å². The summed E-state index contributed by atoms with van der Waals surface area (Å²) in [6.45, 7) is -8.88. The molecule has 61 nitrogen and oxygen atoms in total. The lowest BCUT2D eigenvalue weighted by Crippen LogP contribution is -2.72. The van der Waals surface area contributed by atoms with Crippen molar-refractivity contribution in [1.29, 1.82) is 0 Å². The maximum absolute atomic E-state index is 13.5. The molecule has 0 bridgehead atoms. The Kier molecular flexibility index (Phi) is 40.7. The number of aliphatic hydroxyl groups is 30. The monoisotopic (exact) mass is 2010 g/mol. The van der Waals surface area contributed by atoms with Gasteiger partial charge in [-0.25, -0.2) is 0 Å². The zero-order chi connectivity index (χ0) is 101. The molecule has 137 heavy (non-hydrogen) atoms. The van der Waals surface area contributed by atoms with E-state index in [0.717, 1.165) is 34.6 Å². The highest BCUT2D eigenvalue weighted by atomic mass is 16.8. The van der Waals surface area contributed by atoms with Gasteiger partial charge in [0, 0.05) is 34.6 Å². The summed E-state index contributed by atoms with van der Waals surface area (Å²) in [6, 6.07) is -10.1. The highest BCUT2D eigenvalue weighted by Gasteiger charge is 2.64. The highest BCUT2D eigenvalue weighted by molar-refractivity contribution is 5.75. The predicted octanol–water partition coefficient (Wildman–Crippen LogP) is -24.3. The summed E-state index contributed by atoms with van der Waals surface area (Å²) < 4.78 is 128. The molecule has 5 amide bonds. The first kappa shape index (κ1) is 113. The molecule has 0 aliphatic carbocycles. The Bertz CT molecular complexity index is 3780. The fourth-order valence-corrected chi connectivity index (χ4v) is 17.9. The van der Waals surface area contributed by atoms with E-state index in [1.807, 2.05) is 0 Å². The van der Waals surface area contributed by atoms with Gasteiger partial charge in [-0.1, -0.05) is 0 Å². The van der Waals surface area contributed by atoms with Gasteiger partial charge < -0.3 is 279 Å². The van der Waals surface area contributed by atoms with E-state index < -0.39 is 440 Å². The first-order chi connectivity index (χ1) is 64.9. The molecule has 11 saturated heterocycles. The third kappa shape index (κ3) is 24.8. The van der Waals surface area contributed by atoms with Crippen LogP contribution in [0.4, 0.5) is 0 Å². The minimum atomic E-state index is -2.84. The van der Waals surface area contributed by atoms with Crippen LogP contribution in [-0.2, 0) is 123 Å². The minimum Gasteiger partial charge on any atom is -0.394 e. The molecular weight excluding hydrogens is 1880 g/mol. The van der Waals surface area contributed by atoms with Crippen molar-refractivity contribution in [3.05, 3.63) is 0 Å². The SMILES string of the molecule is CC(=O)NC1C(O)OC(CO)C(OC2OC(CO)C(OC3OC(CO)C(OC4OC(CO)C(O)C(O)C4OC4OC(CO)C(OC5OC(CO)C(O)C(O)C5O)C(O)C4NC(C)=O)C(OC4OC(CO)C(OC5OC(CO)C(OC6OC(CO)C(O)C(O)C6O)C(O)C5NC(C)=O)C(O)C4OC4OC(CO)C(OC5OC(CO)C(O)C(O)C5O)C(O)C4NC(C)=O)C3O)C(O)C2NC(C)=O)C1O. The molecule has 0 aromatic heterocycles. The van der Waals surface area contributed by atoms with Crippen LogP contribution in [0.2, 0.25) is 0 Å². The van der Waals surface area contributed by atoms with E-state index in [0.29, 0.717) is 0 Å². The van der Waals surface area contributed by atoms with Crippen LogP contribution in [-0.4, -0.2) is 593 Å². The number of aliphatic hydroxyl groups excluding tert-OH is 30. The molecule has 0 aromatic carbocycles. The van der Waals surface area contributed by atoms with Crippen LogP contribution < -0.4 is 26.6 Å². The van der Waals surface area contributed by atoms with Crippen molar-refractivity contribution >= 4 is 29.5 Å². The van der Waals surface area contributed by atoms with Crippen LogP contribution in [0.5, 0.6) is 0 Å². The summed E-state index contributed by atoms with van der Waals surface area (Å²) in [4.78, 5) is 65.5. The highest BCUT2D eigenvalue weighted by Crippen LogP contribution is 2.43. The van der Waals surface area contributed by atoms with Crippen molar-refractivity contribution in [3.8, 4) is 0 Å². The average molecular weight is 2010 g/mol. The van der Waals surface area contributed by atoms with Gasteiger partial charge in [0.2, 0.25) is 29.5 Å². The van der Waals surface area contributed by atoms with Gasteiger partial charge in [-0.15, -0.1) is 0 Å². The molecule has 11 fully saturated rings. The third-order valence-corrected chi connectivity index (χ3v) is 25.0. The van der Waals surface area contributed by atoms with Gasteiger partial charge in [-0.2, -0.15) is 0 Å². The second-order valence-corrected chi connectivity index (χ2v) is 34.5. The molecule has 0 spiro atoms. The molecule has 61 heteroatoms. The summed E-state index contributed by atoms with van der Waals surface area (Å²) in [5.41, 5.74) is 0. The Hall–Kier alpha value is -4.69. The second kappa shape index (κ2) is 49.5. The smallest absolute Gasteiger partial charge is 0.217 e. The van der Waals surface area contributed by atoms with Gasteiger partial charge in [0.15, 0.2) is 69.2 Å². The number of hydrogen-bond acceptors (Lipinski definition) is 56. The van der Waals surface area contributed by atoms with Gasteiger partial charge in [0.05, 0.1) is 72.7 Å². The first-order valence-corrected chi connectivity index (χ1v) is 43.7. The van der Waals surface area contributed by atoms with Crippen molar-refractivity contribution in [2.24, 2.45) is 0 Å². The second-order valence-electron chi connectivity index (χ2n) is 34.5. The van der Waals surface area contributed by atoms with Crippen LogP contribution in [0.15, 0.2) is 0 Å². The van der Waals surface area contributed by atoms with E-state index in [9.17, 15) is 177 Å². The Morgan fingerprint density at radius 2 is 0.358 bits per heavy atom.